The predicted molar refractivity (Wildman–Crippen MR) is 75.5 cm³/mol. The summed E-state index contributed by atoms with van der Waals surface area (Å²) < 4.78 is 0. The van der Waals surface area contributed by atoms with E-state index in [0.29, 0.717) is 23.2 Å². The highest BCUT2D eigenvalue weighted by Crippen LogP contribution is 2.17. The molecule has 19 heavy (non-hydrogen) atoms. The normalized spacial score (nSPS) is 9.95. The summed E-state index contributed by atoms with van der Waals surface area (Å²) in [4.78, 5) is 23.9. The van der Waals surface area contributed by atoms with E-state index in [9.17, 15) is 9.59 Å². The van der Waals surface area contributed by atoms with Gasteiger partial charge in [-0.2, -0.15) is 0 Å². The lowest BCUT2D eigenvalue weighted by atomic mass is 10.1. The summed E-state index contributed by atoms with van der Waals surface area (Å²) in [6, 6.07) is 16.0. The zero-order valence-electron chi connectivity index (χ0n) is 10.7. The predicted octanol–water partition coefficient (Wildman–Crippen LogP) is 3.53. The molecular formula is C16H15NO2. The first-order chi connectivity index (χ1) is 9.22. The molecule has 1 N–H and O–H groups in total. The Morgan fingerprint density at radius 2 is 1.58 bits per heavy atom. The molecule has 0 atom stereocenters. The summed E-state index contributed by atoms with van der Waals surface area (Å²) >= 11 is 0. The molecule has 1 amide bonds. The number of Topliss-reactive ketones (excluding diaryl/α,β-unsaturated/α-hetero) is 1. The van der Waals surface area contributed by atoms with Crippen molar-refractivity contribution in [3.8, 4) is 0 Å². The first-order valence-electron chi connectivity index (χ1n) is 6.21. The molecule has 2 aromatic carbocycles. The fourth-order valence-corrected chi connectivity index (χ4v) is 1.81. The number of carbonyl (C=O) groups excluding carboxylic acids is 2. The van der Waals surface area contributed by atoms with Crippen molar-refractivity contribution in [3.05, 3.63) is 65.7 Å². The Kier molecular flexibility index (Phi) is 4.08. The largest absolute Gasteiger partial charge is 0.321 e. The van der Waals surface area contributed by atoms with Crippen molar-refractivity contribution in [2.24, 2.45) is 0 Å². The van der Waals surface area contributed by atoms with E-state index in [1.54, 1.807) is 55.5 Å². The number of para-hydroxylation sites is 1. The topological polar surface area (TPSA) is 46.2 Å². The third-order valence-electron chi connectivity index (χ3n) is 2.83. The molecular weight excluding hydrogens is 238 g/mol. The summed E-state index contributed by atoms with van der Waals surface area (Å²) in [5.74, 6) is -0.194. The second-order valence-electron chi connectivity index (χ2n) is 4.14. The van der Waals surface area contributed by atoms with E-state index < -0.39 is 0 Å². The zero-order valence-corrected chi connectivity index (χ0v) is 10.7. The van der Waals surface area contributed by atoms with E-state index >= 15 is 0 Å². The van der Waals surface area contributed by atoms with E-state index in [1.807, 2.05) is 6.07 Å². The lowest BCUT2D eigenvalue weighted by molar-refractivity contribution is 0.0989. The van der Waals surface area contributed by atoms with Crippen LogP contribution in [0.4, 0.5) is 5.69 Å². The maximum atomic E-state index is 12.1. The molecule has 0 saturated carbocycles. The summed E-state index contributed by atoms with van der Waals surface area (Å²) in [7, 11) is 0. The van der Waals surface area contributed by atoms with Crippen LogP contribution in [-0.4, -0.2) is 11.7 Å². The number of rotatable bonds is 4. The SMILES string of the molecule is CCC(=O)c1ccccc1NC(=O)c1ccccc1. The van der Waals surface area contributed by atoms with E-state index in [-0.39, 0.29) is 11.7 Å². The maximum Gasteiger partial charge on any atom is 0.255 e. The lowest BCUT2D eigenvalue weighted by Crippen LogP contribution is -2.14. The van der Waals surface area contributed by atoms with Crippen LogP contribution < -0.4 is 5.32 Å². The maximum absolute atomic E-state index is 12.1. The minimum Gasteiger partial charge on any atom is -0.321 e. The minimum atomic E-state index is -0.211. The fourth-order valence-electron chi connectivity index (χ4n) is 1.81. The molecule has 2 rings (SSSR count). The van der Waals surface area contributed by atoms with Gasteiger partial charge < -0.3 is 5.32 Å². The Labute approximate surface area is 112 Å². The Morgan fingerprint density at radius 3 is 2.26 bits per heavy atom. The average molecular weight is 253 g/mol. The van der Waals surface area contributed by atoms with Gasteiger partial charge in [-0.1, -0.05) is 37.3 Å². The van der Waals surface area contributed by atoms with E-state index in [2.05, 4.69) is 5.32 Å². The van der Waals surface area contributed by atoms with Crippen LogP contribution in [0.25, 0.3) is 0 Å². The summed E-state index contributed by atoms with van der Waals surface area (Å²) in [5, 5.41) is 2.78. The van der Waals surface area contributed by atoms with Crippen molar-refractivity contribution in [1.29, 1.82) is 0 Å². The van der Waals surface area contributed by atoms with Crippen LogP contribution in [-0.2, 0) is 0 Å². The van der Waals surface area contributed by atoms with Gasteiger partial charge in [0.2, 0.25) is 0 Å². The van der Waals surface area contributed by atoms with Gasteiger partial charge in [0.1, 0.15) is 0 Å². The second kappa shape index (κ2) is 5.96. The van der Waals surface area contributed by atoms with Crippen molar-refractivity contribution in [3.63, 3.8) is 0 Å². The molecule has 96 valence electrons. The standard InChI is InChI=1S/C16H15NO2/c1-2-15(18)13-10-6-7-11-14(13)17-16(19)12-8-4-3-5-9-12/h3-11H,2H2,1H3,(H,17,19). The molecule has 0 saturated heterocycles. The Balaban J connectivity index is 2.25. The van der Waals surface area contributed by atoms with Crippen molar-refractivity contribution in [2.45, 2.75) is 13.3 Å². The van der Waals surface area contributed by atoms with Crippen molar-refractivity contribution < 1.29 is 9.59 Å². The average Bonchev–Trinajstić information content (AvgIpc) is 2.48. The van der Waals surface area contributed by atoms with Gasteiger partial charge in [0.15, 0.2) is 5.78 Å². The van der Waals surface area contributed by atoms with Gasteiger partial charge in [0.05, 0.1) is 5.69 Å². The molecule has 0 bridgehead atoms. The highest BCUT2D eigenvalue weighted by atomic mass is 16.1. The lowest BCUT2D eigenvalue weighted by Gasteiger charge is -2.09. The molecule has 0 aliphatic heterocycles. The zero-order chi connectivity index (χ0) is 13.7. The van der Waals surface area contributed by atoms with Gasteiger partial charge in [-0.15, -0.1) is 0 Å². The minimum absolute atomic E-state index is 0.0176. The Hall–Kier alpha value is -2.42. The van der Waals surface area contributed by atoms with E-state index in [1.165, 1.54) is 0 Å². The Morgan fingerprint density at radius 1 is 0.947 bits per heavy atom. The number of anilines is 1. The van der Waals surface area contributed by atoms with Crippen molar-refractivity contribution >= 4 is 17.4 Å². The molecule has 0 aliphatic rings. The third kappa shape index (κ3) is 3.07. The van der Waals surface area contributed by atoms with Crippen LogP contribution in [0.1, 0.15) is 34.1 Å². The van der Waals surface area contributed by atoms with Gasteiger partial charge in [0, 0.05) is 17.5 Å². The number of hydrogen-bond donors (Lipinski definition) is 1. The quantitative estimate of drug-likeness (QED) is 0.847. The van der Waals surface area contributed by atoms with Crippen molar-refractivity contribution in [2.75, 3.05) is 5.32 Å². The highest BCUT2D eigenvalue weighted by Gasteiger charge is 2.12. The van der Waals surface area contributed by atoms with E-state index in [0.717, 1.165) is 0 Å². The molecule has 0 aromatic heterocycles. The molecule has 3 heteroatoms. The number of amides is 1. The number of hydrogen-bond acceptors (Lipinski definition) is 2. The first-order valence-corrected chi connectivity index (χ1v) is 6.21. The summed E-state index contributed by atoms with van der Waals surface area (Å²) in [6.45, 7) is 1.80. The van der Waals surface area contributed by atoms with Crippen LogP contribution in [0.5, 0.6) is 0 Å². The summed E-state index contributed by atoms with van der Waals surface area (Å²) in [6.07, 6.45) is 0.415. The molecule has 0 fully saturated rings. The van der Waals surface area contributed by atoms with Gasteiger partial charge in [0.25, 0.3) is 5.91 Å². The van der Waals surface area contributed by atoms with Gasteiger partial charge in [-0.05, 0) is 24.3 Å². The first kappa shape index (κ1) is 13.0. The van der Waals surface area contributed by atoms with Crippen molar-refractivity contribution in [1.82, 2.24) is 0 Å². The number of benzene rings is 2. The van der Waals surface area contributed by atoms with Crippen LogP contribution in [0.15, 0.2) is 54.6 Å². The monoisotopic (exact) mass is 253 g/mol. The molecule has 0 heterocycles. The van der Waals surface area contributed by atoms with Gasteiger partial charge in [-0.25, -0.2) is 0 Å². The fraction of sp³-hybridized carbons (Fsp3) is 0.125. The summed E-state index contributed by atoms with van der Waals surface area (Å²) in [5.41, 5.74) is 1.68. The molecule has 2 aromatic rings. The van der Waals surface area contributed by atoms with Gasteiger partial charge >= 0.3 is 0 Å². The van der Waals surface area contributed by atoms with Crippen LogP contribution in [0, 0.1) is 0 Å². The van der Waals surface area contributed by atoms with Crippen LogP contribution in [0.3, 0.4) is 0 Å². The highest BCUT2D eigenvalue weighted by molar-refractivity contribution is 6.09. The number of nitrogens with one attached hydrogen (secondary N) is 1. The molecule has 0 unspecified atom stereocenters. The molecule has 0 radical (unpaired) electrons. The third-order valence-corrected chi connectivity index (χ3v) is 2.83. The molecule has 3 nitrogen and oxygen atoms in total. The van der Waals surface area contributed by atoms with E-state index in [4.69, 9.17) is 0 Å². The Bertz CT molecular complexity index is 591. The van der Waals surface area contributed by atoms with Crippen LogP contribution in [0.2, 0.25) is 0 Å². The number of ketones is 1. The second-order valence-corrected chi connectivity index (χ2v) is 4.14. The van der Waals surface area contributed by atoms with Crippen LogP contribution >= 0.6 is 0 Å². The van der Waals surface area contributed by atoms with Gasteiger partial charge in [-0.3, -0.25) is 9.59 Å². The smallest absolute Gasteiger partial charge is 0.255 e. The molecule has 0 aliphatic carbocycles. The number of carbonyl (C=O) groups is 2. The molecule has 0 spiro atoms.